The fraction of sp³-hybridized carbons (Fsp3) is 0.190. The zero-order valence-electron chi connectivity index (χ0n) is 14.6. The van der Waals surface area contributed by atoms with Crippen LogP contribution in [0.1, 0.15) is 35.7 Å². The lowest BCUT2D eigenvalue weighted by Crippen LogP contribution is -2.23. The van der Waals surface area contributed by atoms with E-state index in [4.69, 9.17) is 0 Å². The van der Waals surface area contributed by atoms with Crippen molar-refractivity contribution in [3.05, 3.63) is 65.5 Å². The minimum absolute atomic E-state index is 0.194. The minimum atomic E-state index is -0.194. The summed E-state index contributed by atoms with van der Waals surface area (Å²) < 4.78 is 0. The summed E-state index contributed by atoms with van der Waals surface area (Å²) >= 11 is 0. The molecule has 2 heterocycles. The van der Waals surface area contributed by atoms with Gasteiger partial charge in [0.25, 0.3) is 5.91 Å². The van der Waals surface area contributed by atoms with Crippen molar-refractivity contribution in [1.29, 1.82) is 0 Å². The quantitative estimate of drug-likeness (QED) is 0.743. The number of aliphatic imine (C=N–C) groups is 1. The number of hydrogen-bond acceptors (Lipinski definition) is 3. The average Bonchev–Trinajstić information content (AvgIpc) is 3.13. The second-order valence-electron chi connectivity index (χ2n) is 6.27. The van der Waals surface area contributed by atoms with Gasteiger partial charge in [0.15, 0.2) is 0 Å². The highest BCUT2D eigenvalue weighted by atomic mass is 16.1. The first-order chi connectivity index (χ1) is 12.7. The van der Waals surface area contributed by atoms with Gasteiger partial charge < -0.3 is 10.3 Å². The number of carbonyl (C=O) groups excluding carboxylic acids is 1. The molecule has 0 aliphatic carbocycles. The van der Waals surface area contributed by atoms with Crippen LogP contribution in [-0.4, -0.2) is 22.1 Å². The number of aromatic amines is 1. The van der Waals surface area contributed by atoms with Gasteiger partial charge in [0, 0.05) is 11.8 Å². The van der Waals surface area contributed by atoms with Gasteiger partial charge in [0.05, 0.1) is 11.1 Å². The van der Waals surface area contributed by atoms with Crippen LogP contribution in [0.5, 0.6) is 0 Å². The van der Waals surface area contributed by atoms with E-state index in [0.717, 1.165) is 36.2 Å². The van der Waals surface area contributed by atoms with Crippen molar-refractivity contribution in [1.82, 2.24) is 15.3 Å². The Balaban J connectivity index is 1.67. The van der Waals surface area contributed by atoms with Crippen molar-refractivity contribution in [3.63, 3.8) is 0 Å². The van der Waals surface area contributed by atoms with Gasteiger partial charge in [-0.1, -0.05) is 37.3 Å². The molecule has 0 saturated carbocycles. The monoisotopic (exact) mass is 344 g/mol. The first kappa shape index (κ1) is 16.3. The van der Waals surface area contributed by atoms with E-state index in [9.17, 15) is 4.79 Å². The maximum atomic E-state index is 12.7. The minimum Gasteiger partial charge on any atom is -0.338 e. The number of nitrogens with zero attached hydrogens (tertiary/aromatic N) is 2. The number of H-pyrrole nitrogens is 1. The molecule has 26 heavy (non-hydrogen) atoms. The molecule has 0 radical (unpaired) electrons. The summed E-state index contributed by atoms with van der Waals surface area (Å²) in [5.41, 5.74) is 4.33. The van der Waals surface area contributed by atoms with E-state index in [-0.39, 0.29) is 5.91 Å². The SMILES string of the molecule is CCc1ccc(-c2nc3c(C(=O)NC4=CCCC=N4)cccc3[nH]2)cc1. The molecule has 1 aliphatic heterocycles. The molecule has 3 aromatic rings. The molecule has 0 fully saturated rings. The highest BCUT2D eigenvalue weighted by molar-refractivity contribution is 6.06. The van der Waals surface area contributed by atoms with E-state index in [1.165, 1.54) is 5.56 Å². The lowest BCUT2D eigenvalue weighted by Gasteiger charge is -2.08. The van der Waals surface area contributed by atoms with Crippen LogP contribution in [0, 0.1) is 0 Å². The topological polar surface area (TPSA) is 70.1 Å². The molecule has 2 aromatic carbocycles. The smallest absolute Gasteiger partial charge is 0.259 e. The summed E-state index contributed by atoms with van der Waals surface area (Å²) in [6.07, 6.45) is 6.56. The Hall–Kier alpha value is -3.21. The summed E-state index contributed by atoms with van der Waals surface area (Å²) in [5, 5.41) is 2.86. The average molecular weight is 344 g/mol. The van der Waals surface area contributed by atoms with Gasteiger partial charge in [0.2, 0.25) is 0 Å². The molecule has 0 bridgehead atoms. The van der Waals surface area contributed by atoms with Crippen molar-refractivity contribution < 1.29 is 4.79 Å². The molecule has 1 amide bonds. The van der Waals surface area contributed by atoms with E-state index in [2.05, 4.69) is 51.5 Å². The molecule has 1 aromatic heterocycles. The Morgan fingerprint density at radius 1 is 1.15 bits per heavy atom. The Labute approximate surface area is 151 Å². The number of allylic oxidation sites excluding steroid dienone is 1. The van der Waals surface area contributed by atoms with Crippen LogP contribution >= 0.6 is 0 Å². The van der Waals surface area contributed by atoms with Gasteiger partial charge in [-0.25, -0.2) is 9.98 Å². The first-order valence-electron chi connectivity index (χ1n) is 8.86. The van der Waals surface area contributed by atoms with Gasteiger partial charge in [-0.3, -0.25) is 4.79 Å². The number of nitrogens with one attached hydrogen (secondary N) is 2. The predicted molar refractivity (Wildman–Crippen MR) is 104 cm³/mol. The Morgan fingerprint density at radius 2 is 2.00 bits per heavy atom. The van der Waals surface area contributed by atoms with Gasteiger partial charge in [-0.05, 0) is 43.0 Å². The highest BCUT2D eigenvalue weighted by Crippen LogP contribution is 2.23. The number of amides is 1. The molecule has 1 aliphatic rings. The van der Waals surface area contributed by atoms with Crippen molar-refractivity contribution in [3.8, 4) is 11.4 Å². The van der Waals surface area contributed by atoms with Crippen molar-refractivity contribution in [2.24, 2.45) is 4.99 Å². The van der Waals surface area contributed by atoms with E-state index in [1.807, 2.05) is 24.4 Å². The number of rotatable bonds is 4. The predicted octanol–water partition coefficient (Wildman–Crippen LogP) is 4.23. The van der Waals surface area contributed by atoms with Crippen LogP contribution in [-0.2, 0) is 6.42 Å². The van der Waals surface area contributed by atoms with Crippen LogP contribution in [0.2, 0.25) is 0 Å². The molecule has 130 valence electrons. The summed E-state index contributed by atoms with van der Waals surface area (Å²) in [7, 11) is 0. The Bertz CT molecular complexity index is 1010. The second-order valence-corrected chi connectivity index (χ2v) is 6.27. The zero-order valence-corrected chi connectivity index (χ0v) is 14.6. The van der Waals surface area contributed by atoms with Gasteiger partial charge >= 0.3 is 0 Å². The third-order valence-corrected chi connectivity index (χ3v) is 4.50. The lowest BCUT2D eigenvalue weighted by molar-refractivity contribution is 0.0967. The molecule has 0 spiro atoms. The van der Waals surface area contributed by atoms with E-state index < -0.39 is 0 Å². The number of fused-ring (bicyclic) bond motifs is 1. The lowest BCUT2D eigenvalue weighted by atomic mass is 10.1. The molecule has 4 rings (SSSR count). The number of benzene rings is 2. The maximum Gasteiger partial charge on any atom is 0.259 e. The first-order valence-corrected chi connectivity index (χ1v) is 8.86. The largest absolute Gasteiger partial charge is 0.338 e. The number of para-hydroxylation sites is 1. The highest BCUT2D eigenvalue weighted by Gasteiger charge is 2.15. The molecule has 5 heteroatoms. The fourth-order valence-corrected chi connectivity index (χ4v) is 3.03. The van der Waals surface area contributed by atoms with Crippen LogP contribution in [0.25, 0.3) is 22.4 Å². The molecular formula is C21H20N4O. The van der Waals surface area contributed by atoms with E-state index in [0.29, 0.717) is 16.9 Å². The van der Waals surface area contributed by atoms with Crippen molar-refractivity contribution >= 4 is 23.2 Å². The Morgan fingerprint density at radius 3 is 2.73 bits per heavy atom. The molecular weight excluding hydrogens is 324 g/mol. The fourth-order valence-electron chi connectivity index (χ4n) is 3.03. The normalized spacial score (nSPS) is 13.7. The molecule has 0 atom stereocenters. The third kappa shape index (κ3) is 3.16. The van der Waals surface area contributed by atoms with Crippen LogP contribution in [0.4, 0.5) is 0 Å². The third-order valence-electron chi connectivity index (χ3n) is 4.50. The number of aryl methyl sites for hydroxylation is 1. The number of aromatic nitrogens is 2. The van der Waals surface area contributed by atoms with Gasteiger partial charge in [0.1, 0.15) is 17.2 Å². The number of hydrogen-bond donors (Lipinski definition) is 2. The molecule has 0 unspecified atom stereocenters. The molecule has 0 saturated heterocycles. The second kappa shape index (κ2) is 6.96. The maximum absolute atomic E-state index is 12.7. The van der Waals surface area contributed by atoms with Crippen molar-refractivity contribution in [2.45, 2.75) is 26.2 Å². The molecule has 5 nitrogen and oxygen atoms in total. The van der Waals surface area contributed by atoms with Gasteiger partial charge in [-0.2, -0.15) is 0 Å². The van der Waals surface area contributed by atoms with E-state index >= 15 is 0 Å². The number of carbonyl (C=O) groups is 1. The summed E-state index contributed by atoms with van der Waals surface area (Å²) in [5.74, 6) is 1.17. The summed E-state index contributed by atoms with van der Waals surface area (Å²) in [6.45, 7) is 2.13. The Kier molecular flexibility index (Phi) is 4.35. The number of imidazole rings is 1. The van der Waals surface area contributed by atoms with Crippen LogP contribution < -0.4 is 5.32 Å². The standard InChI is InChI=1S/C21H20N4O/c1-2-14-9-11-15(12-10-14)20-23-17-7-5-6-16(19(17)25-20)21(26)24-18-8-3-4-13-22-18/h5-13H,2-4H2,1H3,(H,23,25)(H,24,26). The summed E-state index contributed by atoms with van der Waals surface area (Å²) in [4.78, 5) is 24.9. The van der Waals surface area contributed by atoms with Crippen molar-refractivity contribution in [2.75, 3.05) is 0 Å². The van der Waals surface area contributed by atoms with Crippen LogP contribution in [0.3, 0.4) is 0 Å². The zero-order chi connectivity index (χ0) is 17.9. The van der Waals surface area contributed by atoms with E-state index in [1.54, 1.807) is 6.07 Å². The summed E-state index contributed by atoms with van der Waals surface area (Å²) in [6, 6.07) is 13.9. The van der Waals surface area contributed by atoms with Gasteiger partial charge in [-0.15, -0.1) is 0 Å². The van der Waals surface area contributed by atoms with Crippen LogP contribution in [0.15, 0.2) is 59.4 Å². The molecule has 2 N–H and O–H groups in total.